The average molecular weight is 787 g/mol. The number of fused-ring (bicyclic) bond motifs is 1. The maximum absolute atomic E-state index is 15.2. The molecule has 0 spiro atoms. The second kappa shape index (κ2) is 16.4. The smallest absolute Gasteiger partial charge is 0.417 e. The van der Waals surface area contributed by atoms with Crippen molar-refractivity contribution in [2.24, 2.45) is 11.1 Å². The molecule has 2 heterocycles. The zero-order valence-corrected chi connectivity index (χ0v) is 31.6. The molecule has 3 N–H and O–H groups in total. The van der Waals surface area contributed by atoms with Crippen molar-refractivity contribution in [3.05, 3.63) is 118 Å². The number of halogens is 3. The van der Waals surface area contributed by atoms with Gasteiger partial charge in [-0.15, -0.1) is 11.3 Å². The zero-order valence-electron chi connectivity index (χ0n) is 29.9. The second-order valence-corrected chi connectivity index (χ2v) is 16.8. The number of benzene rings is 3. The third-order valence-electron chi connectivity index (χ3n) is 8.90. The van der Waals surface area contributed by atoms with Crippen LogP contribution in [0.1, 0.15) is 66.1 Å². The summed E-state index contributed by atoms with van der Waals surface area (Å²) in [6.07, 6.45) is -5.34. The van der Waals surface area contributed by atoms with Crippen LogP contribution >= 0.6 is 11.3 Å². The van der Waals surface area contributed by atoms with Crippen LogP contribution in [-0.2, 0) is 19.6 Å². The zero-order chi connectivity index (χ0) is 39.4. The van der Waals surface area contributed by atoms with E-state index in [1.807, 2.05) is 20.8 Å². The number of nitrogens with two attached hydrogens (primary N) is 1. The van der Waals surface area contributed by atoms with E-state index in [0.717, 1.165) is 23.9 Å². The molecule has 16 heteroatoms. The highest BCUT2D eigenvalue weighted by Crippen LogP contribution is 2.44. The number of sulfonamides is 1. The molecule has 0 saturated carbocycles. The van der Waals surface area contributed by atoms with Crippen LogP contribution in [0.5, 0.6) is 0 Å². The van der Waals surface area contributed by atoms with E-state index in [2.05, 4.69) is 4.98 Å². The van der Waals surface area contributed by atoms with E-state index in [-0.39, 0.29) is 32.1 Å². The molecule has 11 nitrogen and oxygen atoms in total. The molecule has 0 saturated heterocycles. The van der Waals surface area contributed by atoms with E-state index in [1.54, 1.807) is 60.7 Å². The minimum atomic E-state index is -5.24. The molecule has 0 radical (unpaired) electrons. The molecular weight excluding hydrogens is 746 g/mol. The van der Waals surface area contributed by atoms with Crippen molar-refractivity contribution in [3.63, 3.8) is 0 Å². The van der Waals surface area contributed by atoms with E-state index in [4.69, 9.17) is 14.9 Å². The first-order valence-electron chi connectivity index (χ1n) is 16.9. The number of carbonyl (C=O) groups excluding carboxylic acids is 2. The highest BCUT2D eigenvalue weighted by Gasteiger charge is 2.52. The minimum absolute atomic E-state index is 0.0334. The number of alkyl halides is 3. The first-order chi connectivity index (χ1) is 25.5. The van der Waals surface area contributed by atoms with Crippen LogP contribution in [0.4, 0.5) is 18.0 Å². The number of thiophene rings is 1. The van der Waals surface area contributed by atoms with Gasteiger partial charge in [0.15, 0.2) is 18.0 Å². The standard InChI is InChI=1S/C38H41F3N4O7S2/c1-37(2,3)19-20-44(54(49,50)26-15-16-29-27(21-26)43-23-52-29)28(22-46)30-17-18-31(53-30)34(38(39,40)41)45(36(48)51-4)35(47)33(42)32(24-11-7-5-8-12-24)25-13-9-6-10-14-25/h5-18,21,23,28,32-34,46H,19-20,22,42H2,1-4H3/t28-,33+,34-/m1/s1. The number of amides is 2. The second-order valence-electron chi connectivity index (χ2n) is 13.8. The lowest BCUT2D eigenvalue weighted by molar-refractivity contribution is -0.186. The average Bonchev–Trinajstić information content (AvgIpc) is 3.81. The van der Waals surface area contributed by atoms with Gasteiger partial charge in [-0.05, 0) is 53.3 Å². The van der Waals surface area contributed by atoms with Gasteiger partial charge < -0.3 is 20.0 Å². The highest BCUT2D eigenvalue weighted by molar-refractivity contribution is 7.89. The third kappa shape index (κ3) is 8.84. The Labute approximate surface area is 315 Å². The van der Waals surface area contributed by atoms with E-state index in [9.17, 15) is 23.1 Å². The SMILES string of the molecule is COC(=O)N(C(=O)[C@@H](N)C(c1ccccc1)c1ccccc1)[C@H](c1ccc([C@@H](CO)N(CCC(C)(C)C)S(=O)(=O)c2ccc3ocnc3c2)s1)C(F)(F)F. The summed E-state index contributed by atoms with van der Waals surface area (Å²) in [4.78, 5) is 30.8. The Kier molecular flexibility index (Phi) is 12.3. The number of hydrogen-bond acceptors (Lipinski definition) is 10. The number of rotatable bonds is 13. The number of aromatic nitrogens is 1. The van der Waals surface area contributed by atoms with Gasteiger partial charge in [0.1, 0.15) is 5.52 Å². The fraction of sp³-hybridized carbons (Fsp3) is 0.342. The van der Waals surface area contributed by atoms with Crippen molar-refractivity contribution in [2.75, 3.05) is 20.3 Å². The van der Waals surface area contributed by atoms with Gasteiger partial charge in [-0.3, -0.25) is 4.79 Å². The maximum Gasteiger partial charge on any atom is 0.417 e. The quantitative estimate of drug-likeness (QED) is 0.124. The predicted octanol–water partition coefficient (Wildman–Crippen LogP) is 7.41. The van der Waals surface area contributed by atoms with Crippen LogP contribution in [0.25, 0.3) is 11.1 Å². The third-order valence-corrected chi connectivity index (χ3v) is 12.0. The van der Waals surface area contributed by atoms with E-state index in [0.29, 0.717) is 34.5 Å². The summed E-state index contributed by atoms with van der Waals surface area (Å²) in [7, 11) is -3.54. The maximum atomic E-state index is 15.2. The molecule has 0 aliphatic heterocycles. The number of nitrogens with zero attached hydrogens (tertiary/aromatic N) is 3. The van der Waals surface area contributed by atoms with Crippen LogP contribution in [0.3, 0.4) is 0 Å². The van der Waals surface area contributed by atoms with Crippen LogP contribution < -0.4 is 5.73 Å². The van der Waals surface area contributed by atoms with Crippen molar-refractivity contribution < 1.29 is 45.4 Å². The van der Waals surface area contributed by atoms with Crippen LogP contribution in [-0.4, -0.2) is 72.2 Å². The minimum Gasteiger partial charge on any atom is -0.452 e. The Hall–Kier alpha value is -4.61. The predicted molar refractivity (Wildman–Crippen MR) is 197 cm³/mol. The summed E-state index contributed by atoms with van der Waals surface area (Å²) < 4.78 is 85.2. The summed E-state index contributed by atoms with van der Waals surface area (Å²) in [5.41, 5.74) is 7.81. The number of methoxy groups -OCH3 is 1. The largest absolute Gasteiger partial charge is 0.452 e. The molecule has 5 rings (SSSR count). The van der Waals surface area contributed by atoms with E-state index >= 15 is 13.2 Å². The molecule has 288 valence electrons. The molecule has 0 aliphatic carbocycles. The van der Waals surface area contributed by atoms with Gasteiger partial charge in [-0.25, -0.2) is 23.1 Å². The molecule has 2 aromatic heterocycles. The first kappa shape index (κ1) is 40.6. The Bertz CT molecular complexity index is 2110. The molecule has 3 aromatic carbocycles. The van der Waals surface area contributed by atoms with Crippen molar-refractivity contribution in [2.45, 2.75) is 62.3 Å². The molecule has 0 aliphatic rings. The van der Waals surface area contributed by atoms with Gasteiger partial charge in [-0.1, -0.05) is 81.4 Å². The van der Waals surface area contributed by atoms with E-state index in [1.165, 1.54) is 24.3 Å². The normalized spacial score (nSPS) is 14.3. The van der Waals surface area contributed by atoms with Crippen molar-refractivity contribution in [1.29, 1.82) is 0 Å². The van der Waals surface area contributed by atoms with Gasteiger partial charge in [0, 0.05) is 22.2 Å². The van der Waals surface area contributed by atoms with E-state index < -0.39 is 63.7 Å². The summed E-state index contributed by atoms with van der Waals surface area (Å²) in [5.74, 6) is -2.30. The van der Waals surface area contributed by atoms with Crippen molar-refractivity contribution in [1.82, 2.24) is 14.2 Å². The number of hydrogen-bond donors (Lipinski definition) is 2. The fourth-order valence-electron chi connectivity index (χ4n) is 6.13. The van der Waals surface area contributed by atoms with Gasteiger partial charge in [0.25, 0.3) is 5.91 Å². The van der Waals surface area contributed by atoms with Gasteiger partial charge in [-0.2, -0.15) is 17.5 Å². The fourth-order valence-corrected chi connectivity index (χ4v) is 9.04. The highest BCUT2D eigenvalue weighted by atomic mass is 32.2. The monoisotopic (exact) mass is 786 g/mol. The number of imide groups is 1. The Balaban J connectivity index is 1.57. The molecule has 0 unspecified atom stereocenters. The molecule has 54 heavy (non-hydrogen) atoms. The topological polar surface area (TPSA) is 156 Å². The van der Waals surface area contributed by atoms with Crippen LogP contribution in [0.15, 0.2) is 107 Å². The Morgan fingerprint density at radius 1 is 0.944 bits per heavy atom. The number of carbonyl (C=O) groups is 2. The van der Waals surface area contributed by atoms with Gasteiger partial charge >= 0.3 is 12.3 Å². The molecule has 3 atom stereocenters. The number of aliphatic hydroxyl groups excluding tert-OH is 1. The Morgan fingerprint density at radius 3 is 2.07 bits per heavy atom. The lowest BCUT2D eigenvalue weighted by atomic mass is 9.84. The summed E-state index contributed by atoms with van der Waals surface area (Å²) >= 11 is 0.508. The molecule has 5 aromatic rings. The lowest BCUT2D eigenvalue weighted by Gasteiger charge is -2.34. The molecule has 2 amide bonds. The summed E-state index contributed by atoms with van der Waals surface area (Å²) in [6, 6.07) is 17.4. The molecular formula is C38H41F3N4O7S2. The van der Waals surface area contributed by atoms with Crippen molar-refractivity contribution >= 4 is 44.5 Å². The molecule has 0 bridgehead atoms. The first-order valence-corrected chi connectivity index (χ1v) is 19.1. The summed E-state index contributed by atoms with van der Waals surface area (Å²) in [5, 5.41) is 10.7. The number of aliphatic hydroxyl groups is 1. The van der Waals surface area contributed by atoms with Crippen molar-refractivity contribution in [3.8, 4) is 0 Å². The molecule has 0 fully saturated rings. The number of oxazole rings is 1. The Morgan fingerprint density at radius 2 is 1.54 bits per heavy atom. The van der Waals surface area contributed by atoms with Gasteiger partial charge in [0.2, 0.25) is 10.0 Å². The van der Waals surface area contributed by atoms with Crippen LogP contribution in [0, 0.1) is 5.41 Å². The van der Waals surface area contributed by atoms with Crippen LogP contribution in [0.2, 0.25) is 0 Å². The number of ether oxygens (including phenoxy) is 1. The lowest BCUT2D eigenvalue weighted by Crippen LogP contribution is -2.53. The summed E-state index contributed by atoms with van der Waals surface area (Å²) in [6.45, 7) is 4.79. The van der Waals surface area contributed by atoms with Gasteiger partial charge in [0.05, 0.1) is 30.7 Å².